The van der Waals surface area contributed by atoms with Gasteiger partial charge in [0.1, 0.15) is 48.0 Å². The number of likely N-dealkylation sites (tertiary alicyclic amines) is 1. The van der Waals surface area contributed by atoms with Gasteiger partial charge in [0.05, 0.1) is 19.1 Å². The van der Waals surface area contributed by atoms with Crippen LogP contribution in [0.15, 0.2) is 24.3 Å². The van der Waals surface area contributed by atoms with E-state index in [1.165, 1.54) is 31.2 Å². The number of nitrogens with zero attached hydrogens (tertiary/aromatic N) is 1. The average Bonchev–Trinajstić information content (AvgIpc) is 3.78. The highest BCUT2D eigenvalue weighted by Crippen LogP contribution is 2.20. The molecule has 2 aliphatic rings. The van der Waals surface area contributed by atoms with Crippen molar-refractivity contribution in [2.75, 3.05) is 19.6 Å². The predicted molar refractivity (Wildman–Crippen MR) is 236 cm³/mol. The number of phenols is 1. The molecule has 68 heavy (non-hydrogen) atoms. The summed E-state index contributed by atoms with van der Waals surface area (Å²) in [6.07, 6.45) is -3.90. The zero-order valence-electron chi connectivity index (χ0n) is 38.0. The van der Waals surface area contributed by atoms with Gasteiger partial charge in [-0.2, -0.15) is 0 Å². The molecule has 0 bridgehead atoms. The fourth-order valence-electron chi connectivity index (χ4n) is 7.24. The van der Waals surface area contributed by atoms with Gasteiger partial charge in [0, 0.05) is 38.8 Å². The number of hydrogen-bond acceptors (Lipinski definition) is 14. The predicted octanol–water partition coefficient (Wildman–Crippen LogP) is -6.09. The Bertz CT molecular complexity index is 2070. The van der Waals surface area contributed by atoms with Crippen molar-refractivity contribution in [1.29, 1.82) is 0 Å². The van der Waals surface area contributed by atoms with E-state index >= 15 is 0 Å². The summed E-state index contributed by atoms with van der Waals surface area (Å²) < 4.78 is 0. The third kappa shape index (κ3) is 17.1. The van der Waals surface area contributed by atoms with Gasteiger partial charge in [0.15, 0.2) is 0 Å². The molecular weight excluding hydrogens is 897 g/mol. The third-order valence-corrected chi connectivity index (χ3v) is 11.2. The first-order chi connectivity index (χ1) is 32.0. The van der Waals surface area contributed by atoms with Crippen LogP contribution in [0.1, 0.15) is 77.7 Å². The van der Waals surface area contributed by atoms with E-state index < -0.39 is 170 Å². The van der Waals surface area contributed by atoms with E-state index in [4.69, 9.17) is 17.2 Å². The molecule has 26 heteroatoms. The topological polar surface area (TPSA) is 423 Å². The molecule has 0 saturated carbocycles. The largest absolute Gasteiger partial charge is 0.508 e. The molecule has 0 spiro atoms. The van der Waals surface area contributed by atoms with Crippen LogP contribution in [0.4, 0.5) is 0 Å². The molecule has 12 amide bonds. The van der Waals surface area contributed by atoms with E-state index in [9.17, 15) is 67.7 Å². The second kappa shape index (κ2) is 26.1. The Labute approximate surface area is 390 Å². The van der Waals surface area contributed by atoms with Crippen LogP contribution in [0.5, 0.6) is 5.75 Å². The molecule has 374 valence electrons. The molecule has 9 atom stereocenters. The average molecular weight is 959 g/mol. The van der Waals surface area contributed by atoms with Crippen LogP contribution in [0.2, 0.25) is 0 Å². The highest BCUT2D eigenvalue weighted by Gasteiger charge is 2.41. The van der Waals surface area contributed by atoms with Gasteiger partial charge in [-0.1, -0.05) is 32.4 Å². The fraction of sp³-hybridized carbons (Fsp3) is 0.571. The van der Waals surface area contributed by atoms with Crippen molar-refractivity contribution >= 4 is 70.9 Å². The number of phenolic OH excluding ortho intramolecular Hbond substituents is 1. The number of aromatic hydroxyl groups is 1. The number of benzene rings is 1. The summed E-state index contributed by atoms with van der Waals surface area (Å²) in [5.41, 5.74) is 16.4. The number of hydrogen-bond donors (Lipinski definition) is 13. The minimum Gasteiger partial charge on any atom is -0.508 e. The van der Waals surface area contributed by atoms with Crippen molar-refractivity contribution in [1.82, 2.24) is 47.4 Å². The van der Waals surface area contributed by atoms with Crippen LogP contribution in [-0.4, -0.2) is 154 Å². The Morgan fingerprint density at radius 3 is 2.00 bits per heavy atom. The van der Waals surface area contributed by atoms with Crippen LogP contribution in [0.3, 0.4) is 0 Å². The Hall–Kier alpha value is -7.38. The molecule has 0 aliphatic carbocycles. The summed E-state index contributed by atoms with van der Waals surface area (Å²) in [7, 11) is 0. The summed E-state index contributed by atoms with van der Waals surface area (Å²) in [5, 5.41) is 39.4. The van der Waals surface area contributed by atoms with E-state index in [-0.39, 0.29) is 31.6 Å². The van der Waals surface area contributed by atoms with E-state index in [2.05, 4.69) is 42.5 Å². The minimum absolute atomic E-state index is 0.0254. The van der Waals surface area contributed by atoms with E-state index in [1.54, 1.807) is 13.8 Å². The monoisotopic (exact) mass is 958 g/mol. The lowest BCUT2D eigenvalue weighted by Crippen LogP contribution is -2.62. The maximum atomic E-state index is 14.3. The Morgan fingerprint density at radius 1 is 0.779 bits per heavy atom. The molecule has 26 nitrogen and oxygen atoms in total. The number of carbonyl (C=O) groups is 12. The first-order valence-corrected chi connectivity index (χ1v) is 22.0. The molecule has 0 radical (unpaired) electrons. The first kappa shape index (κ1) is 55.0. The molecule has 0 aromatic heterocycles. The lowest BCUT2D eigenvalue weighted by Gasteiger charge is -2.31. The molecule has 0 unspecified atom stereocenters. The fourth-order valence-corrected chi connectivity index (χ4v) is 7.24. The number of carbonyl (C=O) groups excluding carboxylic acids is 12. The second-order valence-electron chi connectivity index (χ2n) is 16.6. The smallest absolute Gasteiger partial charge is 0.247 e. The minimum atomic E-state index is -1.86. The molecule has 3 rings (SSSR count). The number of rotatable bonds is 16. The number of aliphatic hydroxyl groups is 1. The van der Waals surface area contributed by atoms with E-state index in [1.807, 2.05) is 0 Å². The summed E-state index contributed by atoms with van der Waals surface area (Å²) in [6.45, 7) is 3.12. The van der Waals surface area contributed by atoms with Gasteiger partial charge in [-0.3, -0.25) is 57.5 Å². The van der Waals surface area contributed by atoms with Crippen molar-refractivity contribution in [3.63, 3.8) is 0 Å². The molecule has 2 fully saturated rings. The van der Waals surface area contributed by atoms with Gasteiger partial charge >= 0.3 is 0 Å². The Kier molecular flexibility index (Phi) is 21.1. The van der Waals surface area contributed by atoms with Gasteiger partial charge in [-0.25, -0.2) is 0 Å². The van der Waals surface area contributed by atoms with Crippen molar-refractivity contribution in [2.24, 2.45) is 23.1 Å². The van der Waals surface area contributed by atoms with Crippen molar-refractivity contribution in [2.45, 2.75) is 127 Å². The summed E-state index contributed by atoms with van der Waals surface area (Å²) in [6, 6.07) is -5.17. The van der Waals surface area contributed by atoms with E-state index in [0.717, 1.165) is 4.90 Å². The maximum absolute atomic E-state index is 14.3. The van der Waals surface area contributed by atoms with Crippen LogP contribution in [0.25, 0.3) is 0 Å². The lowest BCUT2D eigenvalue weighted by molar-refractivity contribution is -0.143. The molecule has 2 saturated heterocycles. The van der Waals surface area contributed by atoms with Gasteiger partial charge in [-0.15, -0.1) is 0 Å². The third-order valence-electron chi connectivity index (χ3n) is 11.2. The quantitative estimate of drug-likeness (QED) is 0.0734. The highest BCUT2D eigenvalue weighted by molar-refractivity contribution is 6.00. The van der Waals surface area contributed by atoms with Crippen molar-refractivity contribution in [3.05, 3.63) is 29.8 Å². The normalized spacial score (nSPS) is 23.7. The molecular formula is C42H62N12O14. The second-order valence-corrected chi connectivity index (χ2v) is 16.6. The number of nitrogens with two attached hydrogens (primary N) is 3. The highest BCUT2D eigenvalue weighted by atomic mass is 16.3. The van der Waals surface area contributed by atoms with Crippen molar-refractivity contribution < 1.29 is 67.7 Å². The van der Waals surface area contributed by atoms with Crippen LogP contribution in [0, 0.1) is 5.92 Å². The number of primary amides is 3. The number of amides is 12. The Morgan fingerprint density at radius 2 is 1.40 bits per heavy atom. The van der Waals surface area contributed by atoms with Gasteiger partial charge in [0.2, 0.25) is 70.9 Å². The molecule has 16 N–H and O–H groups in total. The first-order valence-electron chi connectivity index (χ1n) is 22.0. The zero-order valence-corrected chi connectivity index (χ0v) is 38.0. The SMILES string of the molecule is CC[C@H](C)[C@@H]1NC(=O)[C@H](Cc2ccc(O)cc2)NC(=O)CCC(=O)NC[C@@H](C(=O)N2CCC[C@H]2C(=O)N[C@H](C(=O)NCC(N)=O)[C@@H](C)O)NC(=O)[C@H](CC(N)=O)NC(=O)[C@H](CCC(N)=O)NC1=O. The van der Waals surface area contributed by atoms with Crippen LogP contribution >= 0.6 is 0 Å². The molecule has 2 heterocycles. The van der Waals surface area contributed by atoms with Crippen LogP contribution in [-0.2, 0) is 64.0 Å². The summed E-state index contributed by atoms with van der Waals surface area (Å²) in [5.74, 6) is -12.1. The van der Waals surface area contributed by atoms with Gasteiger partial charge < -0.3 is 74.8 Å². The maximum Gasteiger partial charge on any atom is 0.247 e. The molecule has 1 aromatic carbocycles. The zero-order chi connectivity index (χ0) is 50.8. The summed E-state index contributed by atoms with van der Waals surface area (Å²) in [4.78, 5) is 160. The summed E-state index contributed by atoms with van der Waals surface area (Å²) >= 11 is 0. The number of nitrogens with one attached hydrogen (secondary N) is 8. The van der Waals surface area contributed by atoms with Crippen LogP contribution < -0.4 is 59.7 Å². The lowest BCUT2D eigenvalue weighted by atomic mass is 9.96. The Balaban J connectivity index is 2.06. The molecule has 2 aliphatic heterocycles. The van der Waals surface area contributed by atoms with Gasteiger partial charge in [0.25, 0.3) is 0 Å². The van der Waals surface area contributed by atoms with Gasteiger partial charge in [-0.05, 0) is 49.8 Å². The molecule has 1 aromatic rings. The number of aliphatic hydroxyl groups excluding tert-OH is 1. The van der Waals surface area contributed by atoms with E-state index in [0.29, 0.717) is 12.0 Å². The standard InChI is InChI=1S/C42H62N12O14/c1-4-20(2)34-41(67)49-24(11-12-29(43)57)36(62)50-26(17-30(44)58)37(63)51-27(42(68)54-15-5-6-28(54)39(65)53-35(21(3)55)40(66)47-19-31(45)59)18-46-32(60)13-14-33(61)48-25(38(64)52-34)16-22-7-9-23(56)10-8-22/h7-10,20-21,24-28,34-35,55-56H,4-6,11-19H2,1-3H3,(H2,43,57)(H2,44,58)(H2,45,59)(H,46,60)(H,47,66)(H,48,61)(H,49,67)(H,50,62)(H,51,63)(H,52,64)(H,53,65)/t20-,21+,24-,25-,26-,27-,28-,34-,35-/m0/s1. The van der Waals surface area contributed by atoms with Crippen molar-refractivity contribution in [3.8, 4) is 5.75 Å².